The first kappa shape index (κ1) is 21.2. The van der Waals surface area contributed by atoms with Crippen LogP contribution in [0.15, 0.2) is 52.9 Å². The summed E-state index contributed by atoms with van der Waals surface area (Å²) in [4.78, 5) is 26.6. The van der Waals surface area contributed by atoms with Crippen molar-refractivity contribution in [3.63, 3.8) is 0 Å². The molecule has 2 aromatic carbocycles. The second-order valence-corrected chi connectivity index (χ2v) is 8.45. The molecule has 3 aromatic rings. The number of fused-ring (bicyclic) bond motifs is 1. The molecule has 1 fully saturated rings. The van der Waals surface area contributed by atoms with Crippen LogP contribution in [0, 0.1) is 11.2 Å². The Balaban J connectivity index is 1.53. The van der Waals surface area contributed by atoms with Crippen LogP contribution in [-0.2, 0) is 4.79 Å². The molecule has 2 heterocycles. The molecular formula is C23H22ClFN2O4. The number of carbonyl (C=O) groups is 2. The molecule has 0 unspecified atom stereocenters. The van der Waals surface area contributed by atoms with Crippen LogP contribution in [0.5, 0.6) is 5.75 Å². The molecule has 0 bridgehead atoms. The molecule has 6 nitrogen and oxygen atoms in total. The van der Waals surface area contributed by atoms with Gasteiger partial charge in [-0.15, -0.1) is 0 Å². The van der Waals surface area contributed by atoms with E-state index in [2.05, 4.69) is 0 Å². The van der Waals surface area contributed by atoms with Crippen molar-refractivity contribution in [2.24, 2.45) is 11.1 Å². The zero-order valence-electron chi connectivity index (χ0n) is 16.8. The molecule has 2 N–H and O–H groups in total. The Morgan fingerprint density at radius 2 is 1.97 bits per heavy atom. The van der Waals surface area contributed by atoms with E-state index in [1.54, 1.807) is 29.2 Å². The first-order valence-corrected chi connectivity index (χ1v) is 10.4. The van der Waals surface area contributed by atoms with Crippen LogP contribution >= 0.6 is 11.6 Å². The molecule has 0 spiro atoms. The highest BCUT2D eigenvalue weighted by atomic mass is 35.5. The SMILES string of the molecule is NC(=O)C[C@]1(COc2ccc(F)cc2)CCCN(C(=O)c2cc3cc(Cl)ccc3o2)C1. The van der Waals surface area contributed by atoms with Crippen molar-refractivity contribution in [1.29, 1.82) is 0 Å². The van der Waals surface area contributed by atoms with Gasteiger partial charge in [0, 0.05) is 35.3 Å². The Morgan fingerprint density at radius 1 is 1.19 bits per heavy atom. The average Bonchev–Trinajstić information content (AvgIpc) is 3.15. The van der Waals surface area contributed by atoms with E-state index >= 15 is 0 Å². The van der Waals surface area contributed by atoms with E-state index in [4.69, 9.17) is 26.5 Å². The molecule has 0 aliphatic carbocycles. The van der Waals surface area contributed by atoms with Gasteiger partial charge in [0.15, 0.2) is 5.76 Å². The van der Waals surface area contributed by atoms with Gasteiger partial charge in [-0.3, -0.25) is 9.59 Å². The van der Waals surface area contributed by atoms with Crippen LogP contribution in [0.3, 0.4) is 0 Å². The van der Waals surface area contributed by atoms with Crippen LogP contribution < -0.4 is 10.5 Å². The quantitative estimate of drug-likeness (QED) is 0.610. The minimum absolute atomic E-state index is 0.0771. The Labute approximate surface area is 183 Å². The smallest absolute Gasteiger partial charge is 0.289 e. The van der Waals surface area contributed by atoms with Crippen molar-refractivity contribution in [3.8, 4) is 5.75 Å². The minimum atomic E-state index is -0.635. The fraction of sp³-hybridized carbons (Fsp3) is 0.304. The molecule has 162 valence electrons. The maximum absolute atomic E-state index is 13.2. The average molecular weight is 445 g/mol. The lowest BCUT2D eigenvalue weighted by molar-refractivity contribution is -0.122. The Hall–Kier alpha value is -3.06. The van der Waals surface area contributed by atoms with Gasteiger partial charge < -0.3 is 19.8 Å². The molecule has 1 aliphatic heterocycles. The standard InChI is InChI=1S/C23H22ClFN2O4/c24-16-2-7-19-15(10-16)11-20(31-19)22(29)27-9-1-8-23(13-27,12-21(26)28)14-30-18-5-3-17(25)4-6-18/h2-7,10-11H,1,8-9,12-14H2,(H2,26,28)/t23-/m1/s1. The molecule has 31 heavy (non-hydrogen) atoms. The van der Waals surface area contributed by atoms with Gasteiger partial charge in [0.1, 0.15) is 17.1 Å². The number of hydrogen-bond acceptors (Lipinski definition) is 4. The predicted molar refractivity (Wildman–Crippen MR) is 115 cm³/mol. The predicted octanol–water partition coefficient (Wildman–Crippen LogP) is 4.40. The number of nitrogens with zero attached hydrogens (tertiary/aromatic N) is 1. The first-order valence-electron chi connectivity index (χ1n) is 9.99. The van der Waals surface area contributed by atoms with Gasteiger partial charge in [0.05, 0.1) is 6.61 Å². The van der Waals surface area contributed by atoms with Crippen molar-refractivity contribution in [1.82, 2.24) is 4.90 Å². The molecule has 1 aromatic heterocycles. The third kappa shape index (κ3) is 4.82. The van der Waals surface area contributed by atoms with E-state index in [1.165, 1.54) is 24.3 Å². The van der Waals surface area contributed by atoms with Crippen LogP contribution in [0.1, 0.15) is 29.8 Å². The normalized spacial score (nSPS) is 18.8. The van der Waals surface area contributed by atoms with Gasteiger partial charge in [0.25, 0.3) is 5.91 Å². The van der Waals surface area contributed by atoms with Gasteiger partial charge in [-0.05, 0) is 61.4 Å². The van der Waals surface area contributed by atoms with Crippen molar-refractivity contribution >= 4 is 34.4 Å². The Bertz CT molecular complexity index is 1110. The summed E-state index contributed by atoms with van der Waals surface area (Å²) in [6.45, 7) is 1.02. The first-order chi connectivity index (χ1) is 14.8. The number of piperidine rings is 1. The molecule has 4 rings (SSSR count). The zero-order valence-corrected chi connectivity index (χ0v) is 17.5. The number of primary amides is 1. The molecule has 1 saturated heterocycles. The highest BCUT2D eigenvalue weighted by Crippen LogP contribution is 2.35. The fourth-order valence-electron chi connectivity index (χ4n) is 4.11. The maximum atomic E-state index is 13.2. The van der Waals surface area contributed by atoms with Crippen LogP contribution in [-0.4, -0.2) is 36.4 Å². The lowest BCUT2D eigenvalue weighted by Gasteiger charge is -2.41. The van der Waals surface area contributed by atoms with Crippen molar-refractivity contribution in [2.45, 2.75) is 19.3 Å². The van der Waals surface area contributed by atoms with E-state index in [0.29, 0.717) is 42.3 Å². The molecule has 0 radical (unpaired) electrons. The maximum Gasteiger partial charge on any atom is 0.289 e. The third-order valence-electron chi connectivity index (χ3n) is 5.55. The number of carbonyl (C=O) groups excluding carboxylic acids is 2. The number of halogens is 2. The van der Waals surface area contributed by atoms with Gasteiger partial charge in [-0.2, -0.15) is 0 Å². The van der Waals surface area contributed by atoms with E-state index < -0.39 is 11.3 Å². The molecule has 0 saturated carbocycles. The molecule has 1 atom stereocenters. The Morgan fingerprint density at radius 3 is 2.71 bits per heavy atom. The van der Waals surface area contributed by atoms with Crippen LogP contribution in [0.4, 0.5) is 4.39 Å². The second-order valence-electron chi connectivity index (χ2n) is 8.01. The molecular weight excluding hydrogens is 423 g/mol. The number of nitrogens with two attached hydrogens (primary N) is 1. The second kappa shape index (κ2) is 8.59. The summed E-state index contributed by atoms with van der Waals surface area (Å²) in [5.74, 6) is -0.381. The molecule has 1 aliphatic rings. The van der Waals surface area contributed by atoms with Crippen molar-refractivity contribution in [3.05, 3.63) is 65.1 Å². The fourth-order valence-corrected chi connectivity index (χ4v) is 4.29. The number of amides is 2. The van der Waals surface area contributed by atoms with Gasteiger partial charge >= 0.3 is 0 Å². The van der Waals surface area contributed by atoms with E-state index in [0.717, 1.165) is 5.39 Å². The summed E-state index contributed by atoms with van der Waals surface area (Å²) in [5, 5.41) is 1.31. The van der Waals surface area contributed by atoms with Crippen LogP contribution in [0.25, 0.3) is 11.0 Å². The number of hydrogen-bond donors (Lipinski definition) is 1. The summed E-state index contributed by atoms with van der Waals surface area (Å²) in [5.41, 5.74) is 5.46. The summed E-state index contributed by atoms with van der Waals surface area (Å²) >= 11 is 6.02. The molecule has 2 amide bonds. The number of furan rings is 1. The van der Waals surface area contributed by atoms with Crippen molar-refractivity contribution in [2.75, 3.05) is 19.7 Å². The number of likely N-dealkylation sites (tertiary alicyclic amines) is 1. The van der Waals surface area contributed by atoms with Gasteiger partial charge in [0.2, 0.25) is 5.91 Å². The highest BCUT2D eigenvalue weighted by Gasteiger charge is 2.40. The highest BCUT2D eigenvalue weighted by molar-refractivity contribution is 6.31. The lowest BCUT2D eigenvalue weighted by Crippen LogP contribution is -2.50. The third-order valence-corrected chi connectivity index (χ3v) is 5.78. The van der Waals surface area contributed by atoms with Crippen LogP contribution in [0.2, 0.25) is 5.02 Å². The number of ether oxygens (including phenoxy) is 1. The summed E-state index contributed by atoms with van der Waals surface area (Å²) in [7, 11) is 0. The monoisotopic (exact) mass is 444 g/mol. The zero-order chi connectivity index (χ0) is 22.0. The summed E-state index contributed by atoms with van der Waals surface area (Å²) in [6.07, 6.45) is 1.45. The van der Waals surface area contributed by atoms with Gasteiger partial charge in [-0.1, -0.05) is 11.6 Å². The Kier molecular flexibility index (Phi) is 5.87. The molecule has 8 heteroatoms. The minimum Gasteiger partial charge on any atom is -0.493 e. The lowest BCUT2D eigenvalue weighted by atomic mass is 9.77. The van der Waals surface area contributed by atoms with E-state index in [9.17, 15) is 14.0 Å². The van der Waals surface area contributed by atoms with Gasteiger partial charge in [-0.25, -0.2) is 4.39 Å². The number of rotatable bonds is 6. The largest absolute Gasteiger partial charge is 0.493 e. The summed E-state index contributed by atoms with van der Waals surface area (Å²) < 4.78 is 24.7. The van der Waals surface area contributed by atoms with Crippen molar-refractivity contribution < 1.29 is 23.1 Å². The van der Waals surface area contributed by atoms with E-state index in [-0.39, 0.29) is 30.5 Å². The summed E-state index contributed by atoms with van der Waals surface area (Å²) in [6, 6.07) is 12.5. The van der Waals surface area contributed by atoms with E-state index in [1.807, 2.05) is 0 Å². The number of benzene rings is 2. The topological polar surface area (TPSA) is 85.8 Å².